The van der Waals surface area contributed by atoms with E-state index in [-0.39, 0.29) is 0 Å². The predicted octanol–water partition coefficient (Wildman–Crippen LogP) is 0.766. The molecule has 1 aromatic heterocycles. The molecule has 0 amide bonds. The number of aromatic nitrogens is 2. The Morgan fingerprint density at radius 3 is 2.62 bits per heavy atom. The van der Waals surface area contributed by atoms with Gasteiger partial charge < -0.3 is 11.1 Å². The minimum absolute atomic E-state index is 0.424. The Morgan fingerprint density at radius 1 is 1.31 bits per heavy atom. The molecule has 0 aliphatic rings. The van der Waals surface area contributed by atoms with E-state index in [1.807, 2.05) is 0 Å². The highest BCUT2D eigenvalue weighted by molar-refractivity contribution is 5.21. The van der Waals surface area contributed by atoms with Gasteiger partial charge in [0.25, 0.3) is 0 Å². The molecule has 0 aromatic carbocycles. The second-order valence-electron chi connectivity index (χ2n) is 2.65. The first kappa shape index (κ1) is 9.85. The zero-order chi connectivity index (χ0) is 9.52. The molecular formula is C8H13FN4. The van der Waals surface area contributed by atoms with Crippen LogP contribution in [0.4, 0.5) is 10.3 Å². The lowest BCUT2D eigenvalue weighted by Crippen LogP contribution is -2.07. The van der Waals surface area contributed by atoms with Crippen LogP contribution in [0.25, 0.3) is 0 Å². The van der Waals surface area contributed by atoms with Gasteiger partial charge in [0.1, 0.15) is 0 Å². The average molecular weight is 184 g/mol. The van der Waals surface area contributed by atoms with E-state index in [2.05, 4.69) is 15.3 Å². The smallest absolute Gasteiger partial charge is 0.222 e. The quantitative estimate of drug-likeness (QED) is 0.663. The van der Waals surface area contributed by atoms with Gasteiger partial charge in [-0.25, -0.2) is 14.4 Å². The summed E-state index contributed by atoms with van der Waals surface area (Å²) in [4.78, 5) is 7.49. The number of anilines is 1. The number of nitrogens with two attached hydrogens (primary N) is 1. The van der Waals surface area contributed by atoms with Gasteiger partial charge in [0.15, 0.2) is 5.82 Å². The van der Waals surface area contributed by atoms with Crippen molar-refractivity contribution in [2.45, 2.75) is 12.8 Å². The third kappa shape index (κ3) is 3.80. The molecule has 0 fully saturated rings. The third-order valence-corrected chi connectivity index (χ3v) is 1.53. The highest BCUT2D eigenvalue weighted by atomic mass is 19.1. The molecule has 4 nitrogen and oxygen atoms in total. The van der Waals surface area contributed by atoms with E-state index in [9.17, 15) is 4.39 Å². The number of nitrogens with zero attached hydrogens (tertiary/aromatic N) is 2. The summed E-state index contributed by atoms with van der Waals surface area (Å²) in [5.74, 6) is 0.0333. The first-order valence-electron chi connectivity index (χ1n) is 4.24. The van der Waals surface area contributed by atoms with Crippen molar-refractivity contribution < 1.29 is 4.39 Å². The van der Waals surface area contributed by atoms with Crippen molar-refractivity contribution in [1.82, 2.24) is 9.97 Å². The Kier molecular flexibility index (Phi) is 4.11. The van der Waals surface area contributed by atoms with E-state index in [1.165, 1.54) is 0 Å². The van der Waals surface area contributed by atoms with Crippen LogP contribution in [-0.2, 0) is 0 Å². The second kappa shape index (κ2) is 5.42. The Bertz CT molecular complexity index is 236. The summed E-state index contributed by atoms with van der Waals surface area (Å²) in [6, 6.07) is 0. The minimum Gasteiger partial charge on any atom is -0.354 e. The van der Waals surface area contributed by atoms with Gasteiger partial charge in [-0.2, -0.15) is 0 Å². The summed E-state index contributed by atoms with van der Waals surface area (Å²) >= 11 is 0. The number of hydrogen-bond donors (Lipinski definition) is 2. The molecule has 0 radical (unpaired) electrons. The topological polar surface area (TPSA) is 63.8 Å². The van der Waals surface area contributed by atoms with Gasteiger partial charge in [0.05, 0.1) is 12.4 Å². The summed E-state index contributed by atoms with van der Waals surface area (Å²) in [5, 5.41) is 2.96. The van der Waals surface area contributed by atoms with Crippen LogP contribution in [0.5, 0.6) is 0 Å². The lowest BCUT2D eigenvalue weighted by Gasteiger charge is -2.02. The molecule has 1 aromatic rings. The molecular weight excluding hydrogens is 171 g/mol. The molecule has 13 heavy (non-hydrogen) atoms. The SMILES string of the molecule is NCCCCNc1ncc(F)cn1. The van der Waals surface area contributed by atoms with Crippen molar-refractivity contribution >= 4 is 5.95 Å². The maximum absolute atomic E-state index is 12.4. The molecule has 0 unspecified atom stereocenters. The zero-order valence-electron chi connectivity index (χ0n) is 7.33. The molecule has 0 bridgehead atoms. The van der Waals surface area contributed by atoms with Crippen LogP contribution in [0.1, 0.15) is 12.8 Å². The van der Waals surface area contributed by atoms with Gasteiger partial charge in [-0.05, 0) is 19.4 Å². The van der Waals surface area contributed by atoms with Gasteiger partial charge in [-0.15, -0.1) is 0 Å². The van der Waals surface area contributed by atoms with Crippen molar-refractivity contribution in [2.24, 2.45) is 5.73 Å². The summed E-state index contributed by atoms with van der Waals surface area (Å²) in [6.45, 7) is 1.45. The fourth-order valence-electron chi connectivity index (χ4n) is 0.873. The van der Waals surface area contributed by atoms with Crippen LogP contribution in [-0.4, -0.2) is 23.1 Å². The van der Waals surface area contributed by atoms with Crippen LogP contribution in [0.2, 0.25) is 0 Å². The highest BCUT2D eigenvalue weighted by Crippen LogP contribution is 1.98. The maximum atomic E-state index is 12.4. The van der Waals surface area contributed by atoms with E-state index in [1.54, 1.807) is 0 Å². The van der Waals surface area contributed by atoms with Gasteiger partial charge in [-0.3, -0.25) is 0 Å². The average Bonchev–Trinajstić information content (AvgIpc) is 2.15. The van der Waals surface area contributed by atoms with E-state index in [4.69, 9.17) is 5.73 Å². The summed E-state index contributed by atoms with van der Waals surface area (Å²) in [6.07, 6.45) is 4.21. The number of nitrogens with one attached hydrogen (secondary N) is 1. The van der Waals surface area contributed by atoms with Crippen LogP contribution in [0.3, 0.4) is 0 Å². The molecule has 0 saturated carbocycles. The van der Waals surface area contributed by atoms with Crippen molar-refractivity contribution in [1.29, 1.82) is 0 Å². The highest BCUT2D eigenvalue weighted by Gasteiger charge is 1.94. The molecule has 3 N–H and O–H groups in total. The molecule has 72 valence electrons. The molecule has 1 heterocycles. The first-order chi connectivity index (χ1) is 6.33. The van der Waals surface area contributed by atoms with Gasteiger partial charge >= 0.3 is 0 Å². The maximum Gasteiger partial charge on any atom is 0.222 e. The molecule has 5 heteroatoms. The van der Waals surface area contributed by atoms with Gasteiger partial charge in [-0.1, -0.05) is 0 Å². The lowest BCUT2D eigenvalue weighted by molar-refractivity contribution is 0.614. The van der Waals surface area contributed by atoms with E-state index >= 15 is 0 Å². The van der Waals surface area contributed by atoms with Crippen LogP contribution in [0.15, 0.2) is 12.4 Å². The van der Waals surface area contributed by atoms with Crippen LogP contribution < -0.4 is 11.1 Å². The Balaban J connectivity index is 2.25. The van der Waals surface area contributed by atoms with Crippen LogP contribution in [0, 0.1) is 5.82 Å². The number of hydrogen-bond acceptors (Lipinski definition) is 4. The van der Waals surface area contributed by atoms with E-state index in [0.29, 0.717) is 12.5 Å². The third-order valence-electron chi connectivity index (χ3n) is 1.53. The van der Waals surface area contributed by atoms with Gasteiger partial charge in [0, 0.05) is 6.54 Å². The number of rotatable bonds is 5. The van der Waals surface area contributed by atoms with Crippen molar-refractivity contribution in [3.8, 4) is 0 Å². The number of unbranched alkanes of at least 4 members (excludes halogenated alkanes) is 1. The largest absolute Gasteiger partial charge is 0.354 e. The fourth-order valence-corrected chi connectivity index (χ4v) is 0.873. The standard InChI is InChI=1S/C8H13FN4/c9-7-5-12-8(13-6-7)11-4-2-1-3-10/h5-6H,1-4,10H2,(H,11,12,13). The predicted molar refractivity (Wildman–Crippen MR) is 48.8 cm³/mol. The monoisotopic (exact) mass is 184 g/mol. The lowest BCUT2D eigenvalue weighted by atomic mass is 10.3. The number of halogens is 1. The molecule has 1 rings (SSSR count). The van der Waals surface area contributed by atoms with Crippen molar-refractivity contribution in [3.63, 3.8) is 0 Å². The molecule has 0 aliphatic heterocycles. The Hall–Kier alpha value is -1.23. The summed E-state index contributed by atoms with van der Waals surface area (Å²) < 4.78 is 12.4. The summed E-state index contributed by atoms with van der Waals surface area (Å²) in [5.41, 5.74) is 5.32. The first-order valence-corrected chi connectivity index (χ1v) is 4.24. The van der Waals surface area contributed by atoms with E-state index < -0.39 is 5.82 Å². The van der Waals surface area contributed by atoms with Crippen molar-refractivity contribution in [3.05, 3.63) is 18.2 Å². The minimum atomic E-state index is -0.424. The normalized spacial score (nSPS) is 10.0. The van der Waals surface area contributed by atoms with Crippen LogP contribution >= 0.6 is 0 Å². The molecule has 0 saturated heterocycles. The molecule has 0 aliphatic carbocycles. The second-order valence-corrected chi connectivity index (χ2v) is 2.65. The van der Waals surface area contributed by atoms with Crippen molar-refractivity contribution in [2.75, 3.05) is 18.4 Å². The van der Waals surface area contributed by atoms with Gasteiger partial charge in [0.2, 0.25) is 5.95 Å². The Morgan fingerprint density at radius 2 is 2.00 bits per heavy atom. The molecule has 0 atom stereocenters. The Labute approximate surface area is 76.4 Å². The fraction of sp³-hybridized carbons (Fsp3) is 0.500. The summed E-state index contributed by atoms with van der Waals surface area (Å²) in [7, 11) is 0. The molecule has 0 spiro atoms. The zero-order valence-corrected chi connectivity index (χ0v) is 7.33. The van der Waals surface area contributed by atoms with E-state index in [0.717, 1.165) is 31.8 Å².